The van der Waals surface area contributed by atoms with Crippen molar-refractivity contribution in [3.8, 4) is 0 Å². The predicted molar refractivity (Wildman–Crippen MR) is 74.5 cm³/mol. The largest absolute Gasteiger partial charge is 0.0900 e. The third-order valence-electron chi connectivity index (χ3n) is 3.55. The highest BCUT2D eigenvalue weighted by Crippen LogP contribution is 2.35. The van der Waals surface area contributed by atoms with E-state index in [1.165, 1.54) is 6.42 Å². The molecule has 0 rings (SSSR count). The molecule has 0 saturated heterocycles. The lowest BCUT2D eigenvalue weighted by Gasteiger charge is -2.33. The van der Waals surface area contributed by atoms with E-state index < -0.39 is 0 Å². The quantitative estimate of drug-likeness (QED) is 0.589. The highest BCUT2D eigenvalue weighted by molar-refractivity contribution is 7.80. The van der Waals surface area contributed by atoms with Gasteiger partial charge in [0.2, 0.25) is 0 Å². The van der Waals surface area contributed by atoms with Gasteiger partial charge < -0.3 is 0 Å². The molecule has 1 heteroatoms. The summed E-state index contributed by atoms with van der Waals surface area (Å²) in [4.78, 5) is 1.16. The Bertz CT molecular complexity index is 198. The molecule has 0 aliphatic rings. The number of hydrogen-bond acceptors (Lipinski definition) is 1. The molecule has 2 unspecified atom stereocenters. The fourth-order valence-electron chi connectivity index (χ4n) is 1.81. The summed E-state index contributed by atoms with van der Waals surface area (Å²) < 4.78 is 0. The smallest absolute Gasteiger partial charge is 0.00995 e. The Labute approximate surface area is 102 Å². The van der Waals surface area contributed by atoms with Crippen LogP contribution < -0.4 is 0 Å². The summed E-state index contributed by atoms with van der Waals surface area (Å²) in [6.07, 6.45) is 2.41. The van der Waals surface area contributed by atoms with Gasteiger partial charge in [-0.3, -0.25) is 0 Å². The molecule has 0 radical (unpaired) electrons. The molecule has 0 aromatic rings. The van der Waals surface area contributed by atoms with Crippen molar-refractivity contribution >= 4 is 17.1 Å². The summed E-state index contributed by atoms with van der Waals surface area (Å²) in [5.41, 5.74) is 0.378. The summed E-state index contributed by atoms with van der Waals surface area (Å²) in [5, 5.41) is 0. The minimum Gasteiger partial charge on any atom is -0.0900 e. The third-order valence-corrected chi connectivity index (χ3v) is 3.72. The van der Waals surface area contributed by atoms with Crippen molar-refractivity contribution in [2.75, 3.05) is 0 Å². The van der Waals surface area contributed by atoms with Crippen LogP contribution in [0.3, 0.4) is 0 Å². The van der Waals surface area contributed by atoms with Crippen molar-refractivity contribution in [1.29, 1.82) is 0 Å². The van der Waals surface area contributed by atoms with Crippen LogP contribution >= 0.6 is 12.2 Å². The highest BCUT2D eigenvalue weighted by atomic mass is 32.1. The van der Waals surface area contributed by atoms with E-state index in [4.69, 9.17) is 12.2 Å². The van der Waals surface area contributed by atoms with Crippen molar-refractivity contribution < 1.29 is 0 Å². The maximum absolute atomic E-state index is 5.26. The molecule has 0 aromatic heterocycles. The van der Waals surface area contributed by atoms with Crippen molar-refractivity contribution in [3.63, 3.8) is 0 Å². The molecule has 0 spiro atoms. The van der Waals surface area contributed by atoms with Gasteiger partial charge >= 0.3 is 0 Å². The van der Waals surface area contributed by atoms with Gasteiger partial charge in [-0.15, -0.1) is 0 Å². The lowest BCUT2D eigenvalue weighted by atomic mass is 9.72. The van der Waals surface area contributed by atoms with Crippen LogP contribution in [0.2, 0.25) is 0 Å². The van der Waals surface area contributed by atoms with Gasteiger partial charge in [0.15, 0.2) is 0 Å². The molecule has 0 amide bonds. The molecule has 0 aliphatic heterocycles. The van der Waals surface area contributed by atoms with Crippen LogP contribution in [0.1, 0.15) is 61.3 Å². The molecule has 0 saturated carbocycles. The molecular weight excluding hydrogens is 200 g/mol. The van der Waals surface area contributed by atoms with Gasteiger partial charge in [0.05, 0.1) is 0 Å². The number of thiocarbonyl (C=S) groups is 1. The second kappa shape index (κ2) is 5.98. The molecular formula is C14H28S. The first kappa shape index (κ1) is 15.1. The standard InChI is InChI=1S/C14H28S/c1-10(2)11(3)8-13(9-12(4)15)14(5,6)7/h10-11,13H,8-9H2,1-7H3. The summed E-state index contributed by atoms with van der Waals surface area (Å²) in [7, 11) is 0. The Morgan fingerprint density at radius 2 is 1.60 bits per heavy atom. The van der Waals surface area contributed by atoms with E-state index in [1.54, 1.807) is 0 Å². The predicted octanol–water partition coefficient (Wildman–Crippen LogP) is 5.11. The third kappa shape index (κ3) is 6.29. The number of rotatable bonds is 5. The Balaban J connectivity index is 4.45. The van der Waals surface area contributed by atoms with Gasteiger partial charge in [-0.05, 0) is 47.8 Å². The van der Waals surface area contributed by atoms with Crippen LogP contribution in [-0.2, 0) is 0 Å². The van der Waals surface area contributed by atoms with Crippen molar-refractivity contribution in [3.05, 3.63) is 0 Å². The Hall–Kier alpha value is 0.0900. The Morgan fingerprint density at radius 1 is 1.13 bits per heavy atom. The van der Waals surface area contributed by atoms with Crippen molar-refractivity contribution in [1.82, 2.24) is 0 Å². The van der Waals surface area contributed by atoms with Crippen LogP contribution in [0.5, 0.6) is 0 Å². The fourth-order valence-corrected chi connectivity index (χ4v) is 2.01. The van der Waals surface area contributed by atoms with Crippen LogP contribution in [0.25, 0.3) is 0 Å². The van der Waals surface area contributed by atoms with Gasteiger partial charge in [-0.1, -0.05) is 53.8 Å². The molecule has 0 N–H and O–H groups in total. The molecule has 0 fully saturated rings. The minimum absolute atomic E-state index is 0.378. The van der Waals surface area contributed by atoms with E-state index in [0.717, 1.165) is 29.0 Å². The van der Waals surface area contributed by atoms with Gasteiger partial charge in [0.1, 0.15) is 0 Å². The monoisotopic (exact) mass is 228 g/mol. The van der Waals surface area contributed by atoms with Crippen LogP contribution in [0.4, 0.5) is 0 Å². The molecule has 15 heavy (non-hydrogen) atoms. The summed E-state index contributed by atoms with van der Waals surface area (Å²) in [6, 6.07) is 0. The average Bonchev–Trinajstić information content (AvgIpc) is 2.00. The van der Waals surface area contributed by atoms with Crippen LogP contribution in [0, 0.1) is 23.2 Å². The van der Waals surface area contributed by atoms with E-state index in [-0.39, 0.29) is 0 Å². The lowest BCUT2D eigenvalue weighted by Crippen LogP contribution is -2.25. The van der Waals surface area contributed by atoms with Crippen LogP contribution in [0.15, 0.2) is 0 Å². The molecule has 0 nitrogen and oxygen atoms in total. The van der Waals surface area contributed by atoms with Gasteiger partial charge in [-0.2, -0.15) is 0 Å². The summed E-state index contributed by atoms with van der Waals surface area (Å²) in [6.45, 7) is 16.1. The van der Waals surface area contributed by atoms with E-state index >= 15 is 0 Å². The highest BCUT2D eigenvalue weighted by Gasteiger charge is 2.27. The van der Waals surface area contributed by atoms with Crippen molar-refractivity contribution in [2.45, 2.75) is 61.3 Å². The van der Waals surface area contributed by atoms with E-state index in [2.05, 4.69) is 48.5 Å². The lowest BCUT2D eigenvalue weighted by molar-refractivity contribution is 0.188. The Morgan fingerprint density at radius 3 is 1.87 bits per heavy atom. The normalized spacial score (nSPS) is 16.5. The maximum Gasteiger partial charge on any atom is -0.00995 e. The molecule has 2 atom stereocenters. The van der Waals surface area contributed by atoms with E-state index in [0.29, 0.717) is 5.41 Å². The molecule has 0 aliphatic carbocycles. The molecule has 0 bridgehead atoms. The van der Waals surface area contributed by atoms with E-state index in [1.807, 2.05) is 0 Å². The molecule has 0 aromatic carbocycles. The Kier molecular flexibility index (Phi) is 6.02. The first-order valence-electron chi connectivity index (χ1n) is 6.14. The van der Waals surface area contributed by atoms with Gasteiger partial charge in [0.25, 0.3) is 0 Å². The topological polar surface area (TPSA) is 0 Å². The second-order valence-corrected chi connectivity index (χ2v) is 7.12. The zero-order valence-corrected chi connectivity index (χ0v) is 12.4. The van der Waals surface area contributed by atoms with Crippen molar-refractivity contribution in [2.24, 2.45) is 23.2 Å². The zero-order valence-electron chi connectivity index (χ0n) is 11.6. The average molecular weight is 228 g/mol. The van der Waals surface area contributed by atoms with Gasteiger partial charge in [-0.25, -0.2) is 0 Å². The van der Waals surface area contributed by atoms with Crippen LogP contribution in [-0.4, -0.2) is 4.86 Å². The first-order chi connectivity index (χ1) is 6.64. The minimum atomic E-state index is 0.378. The SMILES string of the molecule is CC(=S)CC(CC(C)C(C)C)C(C)(C)C. The number of hydrogen-bond donors (Lipinski definition) is 0. The second-order valence-electron chi connectivity index (χ2n) is 6.43. The summed E-state index contributed by atoms with van der Waals surface area (Å²) >= 11 is 5.26. The van der Waals surface area contributed by atoms with E-state index in [9.17, 15) is 0 Å². The molecule has 90 valence electrons. The fraction of sp³-hybridized carbons (Fsp3) is 0.929. The molecule has 0 heterocycles. The van der Waals surface area contributed by atoms with Gasteiger partial charge in [0, 0.05) is 0 Å². The summed E-state index contributed by atoms with van der Waals surface area (Å²) in [5.74, 6) is 2.30. The maximum atomic E-state index is 5.26. The first-order valence-corrected chi connectivity index (χ1v) is 6.54. The zero-order chi connectivity index (χ0) is 12.2.